The van der Waals surface area contributed by atoms with Crippen LogP contribution in [0, 0.1) is 0 Å². The maximum atomic E-state index is 11.2. The number of hydrogen-bond acceptors (Lipinski definition) is 4. The van der Waals surface area contributed by atoms with Crippen molar-refractivity contribution in [2.24, 2.45) is 0 Å². The monoisotopic (exact) mass is 231 g/mol. The van der Waals surface area contributed by atoms with Crippen molar-refractivity contribution in [1.82, 2.24) is 9.55 Å². The van der Waals surface area contributed by atoms with Crippen molar-refractivity contribution in [2.45, 2.75) is 6.54 Å². The Kier molecular flexibility index (Phi) is 3.09. The topological polar surface area (TPSA) is 70.1 Å². The van der Waals surface area contributed by atoms with E-state index in [1.54, 1.807) is 30.1 Å². The molecule has 0 aliphatic rings. The number of hydrogen-bond donors (Lipinski definition) is 1. The van der Waals surface area contributed by atoms with Crippen LogP contribution in [0.4, 0.5) is 5.69 Å². The Morgan fingerprint density at radius 3 is 2.94 bits per heavy atom. The number of rotatable bonds is 3. The molecule has 0 aliphatic heterocycles. The normalized spacial score (nSPS) is 10.2. The molecule has 88 valence electrons. The summed E-state index contributed by atoms with van der Waals surface area (Å²) in [5.41, 5.74) is 6.46. The van der Waals surface area contributed by atoms with Gasteiger partial charge in [-0.1, -0.05) is 6.07 Å². The van der Waals surface area contributed by atoms with Gasteiger partial charge in [-0.3, -0.25) is 4.79 Å². The first kappa shape index (κ1) is 11.2. The average molecular weight is 231 g/mol. The molecular weight excluding hydrogens is 218 g/mol. The lowest BCUT2D eigenvalue weighted by molar-refractivity contribution is 0.396. The van der Waals surface area contributed by atoms with Crippen LogP contribution >= 0.6 is 0 Å². The van der Waals surface area contributed by atoms with Gasteiger partial charge in [-0.2, -0.15) is 0 Å². The van der Waals surface area contributed by atoms with Crippen molar-refractivity contribution in [3.05, 3.63) is 52.6 Å². The molecule has 0 aliphatic carbocycles. The summed E-state index contributed by atoms with van der Waals surface area (Å²) in [6, 6.07) is 6.97. The molecule has 0 saturated carbocycles. The third-order valence-electron chi connectivity index (χ3n) is 2.34. The molecule has 0 unspecified atom stereocenters. The molecule has 0 radical (unpaired) electrons. The first-order valence-electron chi connectivity index (χ1n) is 5.14. The second-order valence-corrected chi connectivity index (χ2v) is 3.61. The van der Waals surface area contributed by atoms with Gasteiger partial charge in [0.2, 0.25) is 11.3 Å². The van der Waals surface area contributed by atoms with Crippen molar-refractivity contribution >= 4 is 5.69 Å². The summed E-state index contributed by atoms with van der Waals surface area (Å²) in [5, 5.41) is 0. The molecule has 2 N–H and O–H groups in total. The second kappa shape index (κ2) is 4.69. The van der Waals surface area contributed by atoms with Gasteiger partial charge < -0.3 is 15.0 Å². The Morgan fingerprint density at radius 2 is 2.24 bits per heavy atom. The van der Waals surface area contributed by atoms with Crippen LogP contribution in [-0.2, 0) is 6.54 Å². The maximum Gasteiger partial charge on any atom is 0.213 e. The zero-order chi connectivity index (χ0) is 12.3. The number of ether oxygens (including phenoxy) is 1. The molecular formula is C12H13N3O2. The first-order valence-corrected chi connectivity index (χ1v) is 5.14. The minimum atomic E-state index is -0.167. The van der Waals surface area contributed by atoms with Crippen LogP contribution in [0.15, 0.2) is 41.5 Å². The Bertz CT molecular complexity index is 578. The van der Waals surface area contributed by atoms with E-state index in [9.17, 15) is 4.79 Å². The van der Waals surface area contributed by atoms with Gasteiger partial charge in [0.05, 0.1) is 25.0 Å². The summed E-state index contributed by atoms with van der Waals surface area (Å²) in [6.45, 7) is 0.543. The average Bonchev–Trinajstić information content (AvgIpc) is 2.34. The largest absolute Gasteiger partial charge is 0.481 e. The van der Waals surface area contributed by atoms with E-state index in [1.165, 1.54) is 6.07 Å². The van der Waals surface area contributed by atoms with E-state index in [2.05, 4.69) is 4.98 Å². The van der Waals surface area contributed by atoms with E-state index in [-0.39, 0.29) is 11.1 Å². The highest BCUT2D eigenvalue weighted by molar-refractivity contribution is 5.33. The van der Waals surface area contributed by atoms with Crippen molar-refractivity contribution in [3.63, 3.8) is 0 Å². The summed E-state index contributed by atoms with van der Waals surface area (Å²) in [5.74, 6) is 0.566. The minimum Gasteiger partial charge on any atom is -0.481 e. The highest BCUT2D eigenvalue weighted by Crippen LogP contribution is 2.08. The molecule has 0 aromatic carbocycles. The Balaban J connectivity index is 2.25. The van der Waals surface area contributed by atoms with Crippen LogP contribution in [0.5, 0.6) is 5.88 Å². The molecule has 0 spiro atoms. The van der Waals surface area contributed by atoms with Gasteiger partial charge in [0, 0.05) is 24.5 Å². The van der Waals surface area contributed by atoms with E-state index >= 15 is 0 Å². The smallest absolute Gasteiger partial charge is 0.213 e. The van der Waals surface area contributed by atoms with Crippen LogP contribution in [0.3, 0.4) is 0 Å². The van der Waals surface area contributed by atoms with Crippen LogP contribution in [0.25, 0.3) is 0 Å². The Morgan fingerprint density at radius 1 is 1.41 bits per heavy atom. The van der Waals surface area contributed by atoms with Crippen molar-refractivity contribution in [1.29, 1.82) is 0 Å². The molecule has 5 heteroatoms. The predicted octanol–water partition coefficient (Wildman–Crippen LogP) is 0.882. The highest BCUT2D eigenvalue weighted by Gasteiger charge is 2.00. The molecule has 0 fully saturated rings. The Labute approximate surface area is 98.5 Å². The summed E-state index contributed by atoms with van der Waals surface area (Å²) in [4.78, 5) is 15.4. The predicted molar refractivity (Wildman–Crippen MR) is 65.0 cm³/mol. The lowest BCUT2D eigenvalue weighted by Gasteiger charge is -2.07. The number of anilines is 1. The zero-order valence-corrected chi connectivity index (χ0v) is 9.46. The minimum absolute atomic E-state index is 0.167. The second-order valence-electron chi connectivity index (χ2n) is 3.61. The standard InChI is InChI=1S/C12H13N3O2/c1-17-12-4-2-3-9(14-12)7-15-6-5-11(16)10(13)8-15/h2-6,8H,7,13H2,1H3. The molecule has 17 heavy (non-hydrogen) atoms. The van der Waals surface area contributed by atoms with Gasteiger partial charge in [-0.25, -0.2) is 4.98 Å². The quantitative estimate of drug-likeness (QED) is 0.851. The molecule has 0 atom stereocenters. The van der Waals surface area contributed by atoms with Gasteiger partial charge in [0.1, 0.15) is 0 Å². The SMILES string of the molecule is COc1cccc(Cn2ccc(=O)c(N)c2)n1. The third-order valence-corrected chi connectivity index (χ3v) is 2.34. The fourth-order valence-corrected chi connectivity index (χ4v) is 1.49. The fraction of sp³-hybridized carbons (Fsp3) is 0.167. The van der Waals surface area contributed by atoms with E-state index < -0.39 is 0 Å². The summed E-state index contributed by atoms with van der Waals surface area (Å²) >= 11 is 0. The van der Waals surface area contributed by atoms with Gasteiger partial charge in [0.25, 0.3) is 0 Å². The van der Waals surface area contributed by atoms with Crippen LogP contribution < -0.4 is 15.9 Å². The molecule has 2 aromatic heterocycles. The first-order chi connectivity index (χ1) is 8.19. The van der Waals surface area contributed by atoms with Gasteiger partial charge in [0.15, 0.2) is 0 Å². The van der Waals surface area contributed by atoms with E-state index in [0.717, 1.165) is 5.69 Å². The molecule has 2 rings (SSSR count). The molecule has 0 saturated heterocycles. The summed E-state index contributed by atoms with van der Waals surface area (Å²) < 4.78 is 6.84. The van der Waals surface area contributed by atoms with Crippen molar-refractivity contribution < 1.29 is 4.74 Å². The van der Waals surface area contributed by atoms with Crippen LogP contribution in [-0.4, -0.2) is 16.7 Å². The van der Waals surface area contributed by atoms with Crippen molar-refractivity contribution in [3.8, 4) is 5.88 Å². The number of nitrogen functional groups attached to an aromatic ring is 1. The molecule has 0 bridgehead atoms. The Hall–Kier alpha value is -2.30. The molecule has 0 amide bonds. The maximum absolute atomic E-state index is 11.2. The van der Waals surface area contributed by atoms with E-state index in [4.69, 9.17) is 10.5 Å². The van der Waals surface area contributed by atoms with Gasteiger partial charge >= 0.3 is 0 Å². The summed E-state index contributed by atoms with van der Waals surface area (Å²) in [6.07, 6.45) is 3.28. The summed E-state index contributed by atoms with van der Waals surface area (Å²) in [7, 11) is 1.57. The van der Waals surface area contributed by atoms with Gasteiger partial charge in [-0.15, -0.1) is 0 Å². The molecule has 2 aromatic rings. The fourth-order valence-electron chi connectivity index (χ4n) is 1.49. The lowest BCUT2D eigenvalue weighted by Crippen LogP contribution is -2.11. The number of nitrogens with zero attached hydrogens (tertiary/aromatic N) is 2. The molecule has 5 nitrogen and oxygen atoms in total. The number of pyridine rings is 2. The van der Waals surface area contributed by atoms with E-state index in [1.807, 2.05) is 12.1 Å². The van der Waals surface area contributed by atoms with Gasteiger partial charge in [-0.05, 0) is 6.07 Å². The van der Waals surface area contributed by atoms with Crippen molar-refractivity contribution in [2.75, 3.05) is 12.8 Å². The van der Waals surface area contributed by atoms with Crippen LogP contribution in [0.2, 0.25) is 0 Å². The zero-order valence-electron chi connectivity index (χ0n) is 9.46. The van der Waals surface area contributed by atoms with E-state index in [0.29, 0.717) is 12.4 Å². The number of nitrogens with two attached hydrogens (primary N) is 1. The third kappa shape index (κ3) is 2.63. The number of aromatic nitrogens is 2. The van der Waals surface area contributed by atoms with Crippen LogP contribution in [0.1, 0.15) is 5.69 Å². The molecule has 2 heterocycles. The highest BCUT2D eigenvalue weighted by atomic mass is 16.5. The lowest BCUT2D eigenvalue weighted by atomic mass is 10.3. The number of methoxy groups -OCH3 is 1.